The summed E-state index contributed by atoms with van der Waals surface area (Å²) in [6, 6.07) is 0. The Morgan fingerprint density at radius 2 is 1.93 bits per heavy atom. The molecule has 0 unspecified atom stereocenters. The molecule has 0 aromatic carbocycles. The maximum Gasteiger partial charge on any atom is 0.505 e. The van der Waals surface area contributed by atoms with E-state index in [1.54, 1.807) is 0 Å². The van der Waals surface area contributed by atoms with E-state index in [0.29, 0.717) is 0 Å². The molecule has 0 saturated heterocycles. The van der Waals surface area contributed by atoms with Crippen LogP contribution in [-0.2, 0) is 19.0 Å². The minimum Gasteiger partial charge on any atom is -0.505 e. The molecule has 7 heteroatoms. The number of carbonyl (C=O) groups is 1. The minimum absolute atomic E-state index is 0.124. The van der Waals surface area contributed by atoms with Crippen LogP contribution in [0.25, 0.3) is 4.98 Å². The first-order chi connectivity index (χ1) is 7.10. The van der Waals surface area contributed by atoms with E-state index in [-0.39, 0.29) is 6.42 Å². The molecule has 0 bridgehead atoms. The van der Waals surface area contributed by atoms with Crippen molar-refractivity contribution in [1.29, 1.82) is 5.39 Å². The molecule has 15 heavy (non-hydrogen) atoms. The molecular formula is C8H13N2O5+. The van der Waals surface area contributed by atoms with E-state index in [2.05, 4.69) is 9.71 Å². The van der Waals surface area contributed by atoms with Crippen LogP contribution in [0.5, 0.6) is 0 Å². The van der Waals surface area contributed by atoms with Gasteiger partial charge in [-0.25, -0.2) is 4.79 Å². The molecule has 0 fully saturated rings. The topological polar surface area (TPSA) is 93.1 Å². The summed E-state index contributed by atoms with van der Waals surface area (Å²) < 4.78 is 13.9. The maximum absolute atomic E-state index is 11.0. The number of ether oxygens (including phenoxy) is 3. The molecular weight excluding hydrogens is 204 g/mol. The third-order valence-corrected chi connectivity index (χ3v) is 1.64. The van der Waals surface area contributed by atoms with Gasteiger partial charge in [-0.15, -0.1) is 0 Å². The zero-order chi connectivity index (χ0) is 11.8. The molecule has 0 spiro atoms. The fourth-order valence-corrected chi connectivity index (χ4v) is 0.830. The second kappa shape index (κ2) is 6.75. The molecule has 1 N–H and O–H groups in total. The Morgan fingerprint density at radius 1 is 1.40 bits per heavy atom. The predicted molar refractivity (Wildman–Crippen MR) is 49.2 cm³/mol. The summed E-state index contributed by atoms with van der Waals surface area (Å²) in [7, 11) is 3.84. The molecule has 0 radical (unpaired) electrons. The van der Waals surface area contributed by atoms with Gasteiger partial charge < -0.3 is 19.3 Å². The van der Waals surface area contributed by atoms with Crippen molar-refractivity contribution in [2.45, 2.75) is 12.7 Å². The monoisotopic (exact) mass is 217 g/mol. The zero-order valence-electron chi connectivity index (χ0n) is 8.76. The largest absolute Gasteiger partial charge is 0.505 e. The van der Waals surface area contributed by atoms with Gasteiger partial charge in [-0.05, 0) is 0 Å². The highest BCUT2D eigenvalue weighted by atomic mass is 16.7. The number of carbonyl (C=O) groups excluding carboxylic acids is 1. The first-order valence-electron chi connectivity index (χ1n) is 4.01. The number of nitrogens with zero attached hydrogens (tertiary/aromatic N) is 2. The lowest BCUT2D eigenvalue weighted by atomic mass is 10.3. The van der Waals surface area contributed by atoms with Crippen molar-refractivity contribution in [3.05, 3.63) is 16.4 Å². The van der Waals surface area contributed by atoms with Crippen LogP contribution in [-0.4, -0.2) is 38.7 Å². The van der Waals surface area contributed by atoms with E-state index in [4.69, 9.17) is 14.9 Å². The third kappa shape index (κ3) is 3.93. The Bertz CT molecular complexity index is 290. The minimum atomic E-state index is -0.944. The van der Waals surface area contributed by atoms with Gasteiger partial charge in [-0.3, -0.25) is 0 Å². The molecule has 0 aromatic heterocycles. The van der Waals surface area contributed by atoms with Crippen LogP contribution in [0.15, 0.2) is 11.5 Å². The van der Waals surface area contributed by atoms with Gasteiger partial charge in [-0.2, -0.15) is 0 Å². The van der Waals surface area contributed by atoms with Crippen molar-refractivity contribution in [3.8, 4) is 0 Å². The molecule has 0 aliphatic heterocycles. The second-order valence-corrected chi connectivity index (χ2v) is 2.49. The molecule has 84 valence electrons. The predicted octanol–water partition coefficient (Wildman–Crippen LogP) is 0.791. The van der Waals surface area contributed by atoms with Gasteiger partial charge in [-0.1, -0.05) is 0 Å². The van der Waals surface area contributed by atoms with E-state index in [9.17, 15) is 9.90 Å². The van der Waals surface area contributed by atoms with Crippen LogP contribution >= 0.6 is 0 Å². The smallest absolute Gasteiger partial charge is 0.505 e. The summed E-state index contributed by atoms with van der Waals surface area (Å²) in [5.41, 5.74) is -0.573. The van der Waals surface area contributed by atoms with E-state index >= 15 is 0 Å². The lowest BCUT2D eigenvalue weighted by molar-refractivity contribution is -0.136. The fourth-order valence-electron chi connectivity index (χ4n) is 0.830. The Hall–Kier alpha value is -1.65. The summed E-state index contributed by atoms with van der Waals surface area (Å²) >= 11 is 0. The van der Waals surface area contributed by atoms with Crippen molar-refractivity contribution < 1.29 is 24.1 Å². The van der Waals surface area contributed by atoms with E-state index in [1.807, 2.05) is 0 Å². The van der Waals surface area contributed by atoms with Crippen molar-refractivity contribution in [2.24, 2.45) is 0 Å². The van der Waals surface area contributed by atoms with Crippen molar-refractivity contribution in [2.75, 3.05) is 21.3 Å². The molecule has 7 nitrogen and oxygen atoms in total. The molecule has 0 aromatic rings. The number of aliphatic hydroxyl groups is 1. The highest BCUT2D eigenvalue weighted by Crippen LogP contribution is 2.13. The van der Waals surface area contributed by atoms with Crippen LogP contribution < -0.4 is 0 Å². The number of methoxy groups -OCH3 is 3. The number of hydrogen-bond acceptors (Lipinski definition) is 6. The average Bonchev–Trinajstić information content (AvgIpc) is 2.26. The quantitative estimate of drug-likeness (QED) is 0.240. The number of diazo groups is 1. The van der Waals surface area contributed by atoms with Gasteiger partial charge in [0.2, 0.25) is 11.2 Å². The van der Waals surface area contributed by atoms with Crippen LogP contribution in [0.3, 0.4) is 0 Å². The van der Waals surface area contributed by atoms with E-state index < -0.39 is 23.7 Å². The molecule has 0 aliphatic carbocycles. The van der Waals surface area contributed by atoms with Crippen molar-refractivity contribution >= 4 is 5.97 Å². The van der Waals surface area contributed by atoms with Gasteiger partial charge in [0.05, 0.1) is 13.5 Å². The van der Waals surface area contributed by atoms with Crippen LogP contribution in [0.2, 0.25) is 0 Å². The average molecular weight is 217 g/mol. The first-order valence-corrected chi connectivity index (χ1v) is 4.01. The lowest BCUT2D eigenvalue weighted by Gasteiger charge is -2.10. The molecule has 0 heterocycles. The van der Waals surface area contributed by atoms with Crippen molar-refractivity contribution in [1.82, 2.24) is 0 Å². The Kier molecular flexibility index (Phi) is 6.01. The van der Waals surface area contributed by atoms with Gasteiger partial charge in [0, 0.05) is 14.2 Å². The van der Waals surface area contributed by atoms with Crippen LogP contribution in [0.4, 0.5) is 0 Å². The Balaban J connectivity index is 4.74. The SMILES string of the molecule is COC(=O)/C([N+]#N)=C(\O)CC(OC)OC. The molecule has 0 rings (SSSR count). The van der Waals surface area contributed by atoms with Gasteiger partial charge >= 0.3 is 11.7 Å². The summed E-state index contributed by atoms with van der Waals surface area (Å²) in [6.07, 6.45) is -0.854. The van der Waals surface area contributed by atoms with E-state index in [1.165, 1.54) is 14.2 Å². The highest BCUT2D eigenvalue weighted by Gasteiger charge is 2.31. The third-order valence-electron chi connectivity index (χ3n) is 1.64. The normalized spacial score (nSPS) is 11.9. The summed E-state index contributed by atoms with van der Waals surface area (Å²) in [5, 5.41) is 17.9. The van der Waals surface area contributed by atoms with Crippen molar-refractivity contribution in [3.63, 3.8) is 0 Å². The van der Waals surface area contributed by atoms with Gasteiger partial charge in [0.15, 0.2) is 11.3 Å². The number of esters is 1. The maximum atomic E-state index is 11.0. The summed E-state index contributed by atoms with van der Waals surface area (Å²) in [5.74, 6) is -1.42. The van der Waals surface area contributed by atoms with Gasteiger partial charge in [0.25, 0.3) is 0 Å². The van der Waals surface area contributed by atoms with Crippen LogP contribution in [0.1, 0.15) is 6.42 Å². The summed E-state index contributed by atoms with van der Waals surface area (Å²) in [6.45, 7) is 0. The molecule has 0 amide bonds. The Labute approximate surface area is 86.9 Å². The molecule has 0 saturated carbocycles. The number of rotatable bonds is 5. The number of aliphatic hydroxyl groups excluding tert-OH is 1. The molecule has 0 aliphatic rings. The fraction of sp³-hybridized carbons (Fsp3) is 0.625. The molecule has 0 atom stereocenters. The number of hydrogen-bond donors (Lipinski definition) is 1. The highest BCUT2D eigenvalue weighted by molar-refractivity contribution is 5.90. The standard InChI is InChI=1S/C8H12N2O5/c1-13-6(14-2)4-5(11)7(10-9)8(12)15-3/h6H,4H2,1-3H3/p+1. The summed E-state index contributed by atoms with van der Waals surface area (Å²) in [4.78, 5) is 13.6. The van der Waals surface area contributed by atoms with E-state index in [0.717, 1.165) is 7.11 Å². The zero-order valence-corrected chi connectivity index (χ0v) is 8.76. The lowest BCUT2D eigenvalue weighted by Crippen LogP contribution is -2.16. The van der Waals surface area contributed by atoms with Crippen LogP contribution in [0, 0.1) is 5.39 Å². The first kappa shape index (κ1) is 13.4. The van der Waals surface area contributed by atoms with Gasteiger partial charge in [0.1, 0.15) is 0 Å². The Morgan fingerprint density at radius 3 is 2.27 bits per heavy atom. The second-order valence-electron chi connectivity index (χ2n) is 2.49.